The highest BCUT2D eigenvalue weighted by molar-refractivity contribution is 7.09. The summed E-state index contributed by atoms with van der Waals surface area (Å²) in [7, 11) is 2.13. The molecule has 4 rings (SSSR count). The smallest absolute Gasteiger partial charge is 0.328 e. The van der Waals surface area contributed by atoms with Crippen LogP contribution in [0.3, 0.4) is 0 Å². The molecule has 0 aliphatic carbocycles. The van der Waals surface area contributed by atoms with Crippen LogP contribution < -0.4 is 9.62 Å². The van der Waals surface area contributed by atoms with Gasteiger partial charge in [0.15, 0.2) is 5.75 Å². The van der Waals surface area contributed by atoms with E-state index in [9.17, 15) is 0 Å². The number of ether oxygens (including phenoxy) is 1. The molecule has 1 aromatic heterocycles. The summed E-state index contributed by atoms with van der Waals surface area (Å²) >= 11 is 1.37. The van der Waals surface area contributed by atoms with Gasteiger partial charge in [-0.3, -0.25) is 0 Å². The van der Waals surface area contributed by atoms with E-state index < -0.39 is 0 Å². The minimum atomic E-state index is 0. The van der Waals surface area contributed by atoms with E-state index in [1.54, 1.807) is 0 Å². The molecule has 3 aromatic rings. The Morgan fingerprint density at radius 1 is 1.14 bits per heavy atom. The number of fused-ring (bicyclic) bond motifs is 1. The minimum absolute atomic E-state index is 0. The fourth-order valence-corrected chi connectivity index (χ4v) is 3.62. The first-order valence-corrected chi connectivity index (χ1v) is 10.2. The quantitative estimate of drug-likeness (QED) is 0.368. The lowest BCUT2D eigenvalue weighted by atomic mass is 10.1. The van der Waals surface area contributed by atoms with Crippen LogP contribution in [0, 0.1) is 0 Å². The van der Waals surface area contributed by atoms with Gasteiger partial charge in [-0.15, -0.1) is 16.8 Å². The molecule has 8 heteroatoms. The van der Waals surface area contributed by atoms with Gasteiger partial charge in [-0.2, -0.15) is 9.87 Å². The Labute approximate surface area is 180 Å². The molecule has 0 saturated heterocycles. The lowest BCUT2D eigenvalue weighted by molar-refractivity contribution is -0.194. The van der Waals surface area contributed by atoms with E-state index in [0.717, 1.165) is 47.8 Å². The minimum Gasteiger partial charge on any atom is -0.463 e. The summed E-state index contributed by atoms with van der Waals surface area (Å²) in [5, 5.41) is 0.886. The zero-order valence-electron chi connectivity index (χ0n) is 16.2. The number of aromatic nitrogens is 2. The van der Waals surface area contributed by atoms with Crippen molar-refractivity contribution in [3.05, 3.63) is 59.7 Å². The van der Waals surface area contributed by atoms with Crippen molar-refractivity contribution < 1.29 is 14.5 Å². The fourth-order valence-electron chi connectivity index (χ4n) is 3.00. The van der Waals surface area contributed by atoms with Crippen LogP contribution in [-0.2, 0) is 17.9 Å². The highest BCUT2D eigenvalue weighted by Gasteiger charge is 2.14. The summed E-state index contributed by atoms with van der Waals surface area (Å²) in [4.78, 5) is 16.9. The number of rotatable bonds is 9. The van der Waals surface area contributed by atoms with Crippen LogP contribution in [0.15, 0.2) is 48.5 Å². The first-order chi connectivity index (χ1) is 13.8. The maximum Gasteiger partial charge on any atom is 0.328 e. The van der Waals surface area contributed by atoms with Gasteiger partial charge < -0.3 is 14.5 Å². The first kappa shape index (κ1) is 21.5. The molecule has 0 atom stereocenters. The molecule has 0 unspecified atom stereocenters. The van der Waals surface area contributed by atoms with E-state index in [-0.39, 0.29) is 12.4 Å². The Bertz CT molecular complexity index is 907. The molecular formula is C21H24ClN3O3S. The molecule has 0 fully saturated rings. The third-order valence-corrected chi connectivity index (χ3v) is 5.37. The number of halogens is 1. The van der Waals surface area contributed by atoms with Gasteiger partial charge in [0.05, 0.1) is 6.61 Å². The maximum absolute atomic E-state index is 5.70. The lowest BCUT2D eigenvalue weighted by Crippen LogP contribution is -2.23. The third-order valence-electron chi connectivity index (χ3n) is 4.62. The molecule has 2 aromatic carbocycles. The van der Waals surface area contributed by atoms with Crippen molar-refractivity contribution in [2.45, 2.75) is 19.4 Å². The summed E-state index contributed by atoms with van der Waals surface area (Å²) < 4.78 is 9.99. The van der Waals surface area contributed by atoms with Gasteiger partial charge in [-0.25, -0.2) is 0 Å². The molecule has 0 N–H and O–H groups in total. The van der Waals surface area contributed by atoms with E-state index in [1.807, 2.05) is 30.3 Å². The van der Waals surface area contributed by atoms with E-state index in [1.165, 1.54) is 17.1 Å². The third kappa shape index (κ3) is 5.90. The molecule has 29 heavy (non-hydrogen) atoms. The largest absolute Gasteiger partial charge is 0.463 e. The van der Waals surface area contributed by atoms with Crippen LogP contribution in [0.25, 0.3) is 10.6 Å². The van der Waals surface area contributed by atoms with Gasteiger partial charge in [0.25, 0.3) is 0 Å². The van der Waals surface area contributed by atoms with Gasteiger partial charge in [0.2, 0.25) is 0 Å². The van der Waals surface area contributed by atoms with Crippen LogP contribution in [-0.4, -0.2) is 41.0 Å². The van der Waals surface area contributed by atoms with Gasteiger partial charge in [0, 0.05) is 24.2 Å². The van der Waals surface area contributed by atoms with Crippen molar-refractivity contribution in [1.29, 1.82) is 0 Å². The molecule has 0 bridgehead atoms. The second kappa shape index (κ2) is 10.5. The number of nitrogens with zero attached hydrogens (tertiary/aromatic N) is 3. The molecule has 1 aliphatic heterocycles. The number of hydrogen-bond acceptors (Lipinski definition) is 7. The van der Waals surface area contributed by atoms with Crippen molar-refractivity contribution in [2.75, 3.05) is 26.7 Å². The topological polar surface area (TPSA) is 56.7 Å². The van der Waals surface area contributed by atoms with Crippen LogP contribution >= 0.6 is 23.9 Å². The highest BCUT2D eigenvalue weighted by Crippen LogP contribution is 2.27. The Morgan fingerprint density at radius 3 is 2.86 bits per heavy atom. The second-order valence-corrected chi connectivity index (χ2v) is 7.54. The standard InChI is InChI=1S/C21H23N3O3S.ClH/c1-24(12-10-16-8-9-18-15-26-27-19(18)14-16)11-5-13-25-21-22-20(28-23-21)17-6-3-2-4-7-17;/h2-4,6-9,14H,5,10-13,15H2,1H3;1H. The van der Waals surface area contributed by atoms with Gasteiger partial charge in [-0.05, 0) is 43.1 Å². The van der Waals surface area contributed by atoms with Crippen molar-refractivity contribution in [3.63, 3.8) is 0 Å². The average Bonchev–Trinajstić information content (AvgIpc) is 3.39. The number of likely N-dealkylation sites (N-methyl/N-ethyl adjacent to an activating group) is 1. The molecule has 6 nitrogen and oxygen atoms in total. The Kier molecular flexibility index (Phi) is 7.83. The first-order valence-electron chi connectivity index (χ1n) is 9.40. The Morgan fingerprint density at radius 2 is 2.00 bits per heavy atom. The maximum atomic E-state index is 5.70. The molecule has 154 valence electrons. The average molecular weight is 434 g/mol. The van der Waals surface area contributed by atoms with Crippen LogP contribution in [0.1, 0.15) is 17.5 Å². The molecule has 0 saturated carbocycles. The SMILES string of the molecule is CN(CCCOc1nsc(-c2ccccc2)n1)CCc1ccc2c(c1)OOC2.Cl. The number of benzene rings is 2. The summed E-state index contributed by atoms with van der Waals surface area (Å²) in [6.07, 6.45) is 1.90. The van der Waals surface area contributed by atoms with Crippen LogP contribution in [0.4, 0.5) is 0 Å². The van der Waals surface area contributed by atoms with Crippen LogP contribution in [0.5, 0.6) is 11.8 Å². The zero-order chi connectivity index (χ0) is 19.2. The summed E-state index contributed by atoms with van der Waals surface area (Å²) in [5.41, 5.74) is 3.44. The predicted molar refractivity (Wildman–Crippen MR) is 116 cm³/mol. The monoisotopic (exact) mass is 433 g/mol. The number of hydrogen-bond donors (Lipinski definition) is 0. The molecular weight excluding hydrogens is 410 g/mol. The summed E-state index contributed by atoms with van der Waals surface area (Å²) in [6, 6.07) is 16.8. The summed E-state index contributed by atoms with van der Waals surface area (Å²) in [5.74, 6) is 0.846. The van der Waals surface area contributed by atoms with Crippen molar-refractivity contribution in [3.8, 4) is 22.3 Å². The van der Waals surface area contributed by atoms with Crippen molar-refractivity contribution in [2.24, 2.45) is 0 Å². The van der Waals surface area contributed by atoms with E-state index in [4.69, 9.17) is 14.5 Å². The normalized spacial score (nSPS) is 12.3. The van der Waals surface area contributed by atoms with Gasteiger partial charge in [0.1, 0.15) is 11.6 Å². The van der Waals surface area contributed by atoms with Gasteiger partial charge in [-0.1, -0.05) is 42.5 Å². The van der Waals surface area contributed by atoms with Gasteiger partial charge >= 0.3 is 6.01 Å². The summed E-state index contributed by atoms with van der Waals surface area (Å²) in [6.45, 7) is 3.09. The zero-order valence-corrected chi connectivity index (χ0v) is 17.9. The Hall–Kier alpha value is -2.19. The van der Waals surface area contributed by atoms with E-state index in [0.29, 0.717) is 19.2 Å². The predicted octanol–water partition coefficient (Wildman–Crippen LogP) is 4.39. The molecule has 0 radical (unpaired) electrons. The second-order valence-electron chi connectivity index (χ2n) is 6.79. The van der Waals surface area contributed by atoms with Crippen molar-refractivity contribution >= 4 is 23.9 Å². The van der Waals surface area contributed by atoms with Crippen LogP contribution in [0.2, 0.25) is 0 Å². The molecule has 0 spiro atoms. The fraction of sp³-hybridized carbons (Fsp3) is 0.333. The molecule has 0 amide bonds. The van der Waals surface area contributed by atoms with Crippen molar-refractivity contribution in [1.82, 2.24) is 14.3 Å². The molecule has 2 heterocycles. The molecule has 1 aliphatic rings. The lowest BCUT2D eigenvalue weighted by Gasteiger charge is -2.16. The van der Waals surface area contributed by atoms with E-state index in [2.05, 4.69) is 39.5 Å². The van der Waals surface area contributed by atoms with E-state index >= 15 is 0 Å². The highest BCUT2D eigenvalue weighted by atomic mass is 35.5. The Balaban J connectivity index is 0.00000240.